The highest BCUT2D eigenvalue weighted by molar-refractivity contribution is 5.51. The van der Waals surface area contributed by atoms with Gasteiger partial charge in [-0.05, 0) is 74.1 Å². The number of allylic oxidation sites excluding steroid dienone is 1. The molecular weight excluding hydrogens is 419 g/mol. The van der Waals surface area contributed by atoms with Crippen LogP contribution in [0.2, 0.25) is 0 Å². The van der Waals surface area contributed by atoms with Gasteiger partial charge < -0.3 is 19.1 Å². The first-order valence-electron chi connectivity index (χ1n) is 10.9. The molecule has 0 aromatic heterocycles. The molecule has 0 amide bonds. The summed E-state index contributed by atoms with van der Waals surface area (Å²) >= 11 is 0. The SMILES string of the molecule is C[C@]1(COc2ccc(N3CCC(CC=Cc4ccc(OC(F)(F)F)cc4)CC3)cc2)CO1. The molecule has 7 heteroatoms. The Morgan fingerprint density at radius 3 is 2.25 bits per heavy atom. The van der Waals surface area contributed by atoms with E-state index in [1.165, 1.54) is 17.8 Å². The summed E-state index contributed by atoms with van der Waals surface area (Å²) in [6.07, 6.45) is 2.58. The maximum atomic E-state index is 12.2. The van der Waals surface area contributed by atoms with Gasteiger partial charge in [0.25, 0.3) is 0 Å². The van der Waals surface area contributed by atoms with Crippen molar-refractivity contribution in [3.63, 3.8) is 0 Å². The van der Waals surface area contributed by atoms with Crippen LogP contribution in [-0.4, -0.2) is 38.3 Å². The van der Waals surface area contributed by atoms with Crippen LogP contribution >= 0.6 is 0 Å². The van der Waals surface area contributed by atoms with E-state index in [-0.39, 0.29) is 11.4 Å². The van der Waals surface area contributed by atoms with E-state index in [0.29, 0.717) is 12.5 Å². The van der Waals surface area contributed by atoms with Crippen LogP contribution in [-0.2, 0) is 4.74 Å². The molecule has 4 nitrogen and oxygen atoms in total. The highest BCUT2D eigenvalue weighted by Crippen LogP contribution is 2.30. The van der Waals surface area contributed by atoms with E-state index in [1.54, 1.807) is 12.1 Å². The molecule has 2 aromatic carbocycles. The second-order valence-corrected chi connectivity index (χ2v) is 8.71. The number of benzene rings is 2. The van der Waals surface area contributed by atoms with Crippen molar-refractivity contribution in [2.45, 2.75) is 38.1 Å². The molecule has 4 rings (SSSR count). The van der Waals surface area contributed by atoms with E-state index in [1.807, 2.05) is 25.1 Å². The molecule has 0 unspecified atom stereocenters. The summed E-state index contributed by atoms with van der Waals surface area (Å²) in [6.45, 7) is 5.40. The first-order chi connectivity index (χ1) is 15.3. The lowest BCUT2D eigenvalue weighted by Crippen LogP contribution is -2.33. The molecule has 1 atom stereocenters. The maximum absolute atomic E-state index is 12.2. The Morgan fingerprint density at radius 1 is 1.03 bits per heavy atom. The van der Waals surface area contributed by atoms with Crippen molar-refractivity contribution < 1.29 is 27.4 Å². The van der Waals surface area contributed by atoms with Crippen LogP contribution < -0.4 is 14.4 Å². The minimum atomic E-state index is -4.66. The van der Waals surface area contributed by atoms with Gasteiger partial charge in [0.2, 0.25) is 0 Å². The predicted octanol–water partition coefficient (Wildman–Crippen LogP) is 6.07. The molecule has 0 aliphatic carbocycles. The summed E-state index contributed by atoms with van der Waals surface area (Å²) in [7, 11) is 0. The zero-order valence-electron chi connectivity index (χ0n) is 18.1. The molecule has 2 aliphatic rings. The number of epoxide rings is 1. The predicted molar refractivity (Wildman–Crippen MR) is 118 cm³/mol. The second kappa shape index (κ2) is 9.45. The number of alkyl halides is 3. The van der Waals surface area contributed by atoms with Crippen molar-refractivity contribution in [1.29, 1.82) is 0 Å². The summed E-state index contributed by atoms with van der Waals surface area (Å²) in [4.78, 5) is 2.40. The van der Waals surface area contributed by atoms with Crippen molar-refractivity contribution in [1.82, 2.24) is 0 Å². The van der Waals surface area contributed by atoms with Crippen molar-refractivity contribution in [3.8, 4) is 11.5 Å². The average Bonchev–Trinajstić information content (AvgIpc) is 3.51. The highest BCUT2D eigenvalue weighted by Gasteiger charge is 2.40. The first kappa shape index (κ1) is 22.5. The quantitative estimate of drug-likeness (QED) is 0.460. The van der Waals surface area contributed by atoms with Crippen LogP contribution in [0.5, 0.6) is 11.5 Å². The number of anilines is 1. The average molecular weight is 447 g/mol. The van der Waals surface area contributed by atoms with Crippen LogP contribution in [0.25, 0.3) is 6.08 Å². The zero-order chi connectivity index (χ0) is 22.6. The van der Waals surface area contributed by atoms with Gasteiger partial charge in [-0.25, -0.2) is 0 Å². The number of halogens is 3. The van der Waals surface area contributed by atoms with E-state index in [9.17, 15) is 13.2 Å². The topological polar surface area (TPSA) is 34.2 Å². The van der Waals surface area contributed by atoms with Gasteiger partial charge in [0.15, 0.2) is 0 Å². The molecule has 2 aromatic rings. The minimum absolute atomic E-state index is 0.111. The molecule has 0 saturated carbocycles. The number of nitrogens with zero attached hydrogens (tertiary/aromatic N) is 1. The summed E-state index contributed by atoms with van der Waals surface area (Å²) in [5.74, 6) is 1.27. The third-order valence-corrected chi connectivity index (χ3v) is 5.89. The minimum Gasteiger partial charge on any atom is -0.491 e. The molecule has 0 bridgehead atoms. The van der Waals surface area contributed by atoms with Crippen LogP contribution in [0.1, 0.15) is 31.7 Å². The lowest BCUT2D eigenvalue weighted by molar-refractivity contribution is -0.274. The van der Waals surface area contributed by atoms with Gasteiger partial charge in [-0.2, -0.15) is 0 Å². The zero-order valence-corrected chi connectivity index (χ0v) is 18.1. The van der Waals surface area contributed by atoms with Crippen molar-refractivity contribution in [3.05, 3.63) is 60.2 Å². The fourth-order valence-corrected chi connectivity index (χ4v) is 3.80. The molecule has 2 saturated heterocycles. The third-order valence-electron chi connectivity index (χ3n) is 5.89. The van der Waals surface area contributed by atoms with Gasteiger partial charge in [-0.15, -0.1) is 13.2 Å². The van der Waals surface area contributed by atoms with Crippen molar-refractivity contribution in [2.75, 3.05) is 31.2 Å². The smallest absolute Gasteiger partial charge is 0.491 e. The number of hydrogen-bond acceptors (Lipinski definition) is 4. The van der Waals surface area contributed by atoms with Crippen LogP contribution in [0.15, 0.2) is 54.6 Å². The Bertz CT molecular complexity index is 898. The molecule has 0 radical (unpaired) electrons. The molecule has 172 valence electrons. The van der Waals surface area contributed by atoms with Gasteiger partial charge in [-0.1, -0.05) is 24.3 Å². The summed E-state index contributed by atoms with van der Waals surface area (Å²) in [6, 6.07) is 14.2. The fourth-order valence-electron chi connectivity index (χ4n) is 3.80. The standard InChI is InChI=1S/C25H28F3NO3/c1-24(18-31-24)17-30-22-11-7-21(8-12-22)29-15-13-20(14-16-29)4-2-3-19-5-9-23(10-6-19)32-25(26,27)28/h2-3,5-12,20H,4,13-18H2,1H3/t24-/m0/s1. The van der Waals surface area contributed by atoms with Crippen LogP contribution in [0.4, 0.5) is 18.9 Å². The van der Waals surface area contributed by atoms with Crippen molar-refractivity contribution in [2.24, 2.45) is 5.92 Å². The van der Waals surface area contributed by atoms with Gasteiger partial charge in [0.1, 0.15) is 23.7 Å². The number of rotatable bonds is 8. The van der Waals surface area contributed by atoms with Crippen LogP contribution in [0.3, 0.4) is 0 Å². The number of hydrogen-bond donors (Lipinski definition) is 0. The Morgan fingerprint density at radius 2 is 1.66 bits per heavy atom. The lowest BCUT2D eigenvalue weighted by Gasteiger charge is -2.33. The van der Waals surface area contributed by atoms with E-state index < -0.39 is 6.36 Å². The molecule has 2 fully saturated rings. The summed E-state index contributed by atoms with van der Waals surface area (Å²) in [5.41, 5.74) is 1.96. The fraction of sp³-hybridized carbons (Fsp3) is 0.440. The highest BCUT2D eigenvalue weighted by atomic mass is 19.4. The van der Waals surface area contributed by atoms with Gasteiger partial charge in [0.05, 0.1) is 6.61 Å². The van der Waals surface area contributed by atoms with Crippen LogP contribution in [0, 0.1) is 5.92 Å². The van der Waals surface area contributed by atoms with Gasteiger partial charge in [0, 0.05) is 18.8 Å². The molecule has 2 aliphatic heterocycles. The van der Waals surface area contributed by atoms with Gasteiger partial charge >= 0.3 is 6.36 Å². The van der Waals surface area contributed by atoms with Crippen molar-refractivity contribution >= 4 is 11.8 Å². The Labute approximate surface area is 186 Å². The lowest BCUT2D eigenvalue weighted by atomic mass is 9.93. The summed E-state index contributed by atoms with van der Waals surface area (Å²) in [5, 5.41) is 0. The molecule has 32 heavy (non-hydrogen) atoms. The monoisotopic (exact) mass is 447 g/mol. The summed E-state index contributed by atoms with van der Waals surface area (Å²) < 4.78 is 51.7. The molecule has 0 N–H and O–H groups in total. The van der Waals surface area contributed by atoms with Gasteiger partial charge in [-0.3, -0.25) is 0 Å². The van der Waals surface area contributed by atoms with E-state index in [0.717, 1.165) is 50.3 Å². The molecule has 0 spiro atoms. The first-order valence-corrected chi connectivity index (χ1v) is 10.9. The third kappa shape index (κ3) is 6.66. The second-order valence-electron chi connectivity index (χ2n) is 8.71. The Hall–Kier alpha value is -2.67. The van der Waals surface area contributed by atoms with E-state index in [2.05, 4.69) is 27.8 Å². The largest absolute Gasteiger partial charge is 0.573 e. The van der Waals surface area contributed by atoms with E-state index >= 15 is 0 Å². The van der Waals surface area contributed by atoms with E-state index in [4.69, 9.17) is 9.47 Å². The number of piperidine rings is 1. The molecule has 2 heterocycles. The normalized spacial score (nSPS) is 21.7. The maximum Gasteiger partial charge on any atom is 0.573 e. The number of ether oxygens (including phenoxy) is 3. The Balaban J connectivity index is 1.19. The Kier molecular flexibility index (Phi) is 6.65. The molecular formula is C25H28F3NO3.